The minimum absolute atomic E-state index is 0.124. The van der Waals surface area contributed by atoms with Crippen molar-refractivity contribution in [3.8, 4) is 0 Å². The Labute approximate surface area is 112 Å². The van der Waals surface area contributed by atoms with Gasteiger partial charge in [-0.05, 0) is 48.9 Å². The molecule has 3 nitrogen and oxygen atoms in total. The van der Waals surface area contributed by atoms with Gasteiger partial charge in [0.15, 0.2) is 5.16 Å². The van der Waals surface area contributed by atoms with Gasteiger partial charge in [-0.3, -0.25) is 0 Å². The molecule has 0 saturated carbocycles. The molecule has 2 N–H and O–H groups in total. The van der Waals surface area contributed by atoms with Crippen LogP contribution in [0.3, 0.4) is 0 Å². The molecule has 0 aliphatic heterocycles. The predicted molar refractivity (Wildman–Crippen MR) is 74.6 cm³/mol. The van der Waals surface area contributed by atoms with Crippen molar-refractivity contribution in [2.24, 2.45) is 5.73 Å². The average Bonchev–Trinajstić information content (AvgIpc) is 2.39. The van der Waals surface area contributed by atoms with Crippen LogP contribution in [0.4, 0.5) is 0 Å². The van der Waals surface area contributed by atoms with Crippen LogP contribution in [0.2, 0.25) is 0 Å². The summed E-state index contributed by atoms with van der Waals surface area (Å²) in [6, 6.07) is 10.3. The number of nitrogens with zero attached hydrogens (tertiary/aromatic N) is 2. The zero-order chi connectivity index (χ0) is 13.0. The number of hydrogen-bond acceptors (Lipinski definition) is 4. The summed E-state index contributed by atoms with van der Waals surface area (Å²) in [7, 11) is 0. The molecule has 0 aliphatic carbocycles. The number of hydrogen-bond donors (Lipinski definition) is 1. The predicted octanol–water partition coefficient (Wildman–Crippen LogP) is 3.35. The quantitative estimate of drug-likeness (QED) is 0.856. The Balaban J connectivity index is 2.11. The fraction of sp³-hybridized carbons (Fsp3) is 0.286. The monoisotopic (exact) mass is 259 g/mol. The van der Waals surface area contributed by atoms with E-state index in [1.54, 1.807) is 18.0 Å². The Morgan fingerprint density at radius 1 is 1.22 bits per heavy atom. The molecule has 1 aromatic carbocycles. The Hall–Kier alpha value is -1.39. The third-order valence-electron chi connectivity index (χ3n) is 2.73. The molecule has 94 valence electrons. The second-order valence-electron chi connectivity index (χ2n) is 4.17. The van der Waals surface area contributed by atoms with Crippen molar-refractivity contribution < 1.29 is 0 Å². The molecule has 1 heterocycles. The summed E-state index contributed by atoms with van der Waals surface area (Å²) in [5.41, 5.74) is 8.14. The first-order valence-corrected chi connectivity index (χ1v) is 6.83. The van der Waals surface area contributed by atoms with E-state index in [1.165, 1.54) is 5.56 Å². The summed E-state index contributed by atoms with van der Waals surface area (Å²) >= 11 is 1.57. The smallest absolute Gasteiger partial charge is 0.192 e. The van der Waals surface area contributed by atoms with Crippen LogP contribution in [-0.4, -0.2) is 9.97 Å². The number of rotatable bonds is 4. The van der Waals surface area contributed by atoms with E-state index in [9.17, 15) is 0 Å². The SMILES string of the molecule is CC[C@@H](N)c1ccc(Sc2nccc(C)n2)cc1. The van der Waals surface area contributed by atoms with Crippen LogP contribution >= 0.6 is 11.8 Å². The second-order valence-corrected chi connectivity index (χ2v) is 5.21. The lowest BCUT2D eigenvalue weighted by molar-refractivity contribution is 0.698. The Morgan fingerprint density at radius 2 is 1.94 bits per heavy atom. The average molecular weight is 259 g/mol. The van der Waals surface area contributed by atoms with Gasteiger partial charge in [0.2, 0.25) is 0 Å². The highest BCUT2D eigenvalue weighted by Crippen LogP contribution is 2.26. The number of benzene rings is 1. The molecule has 18 heavy (non-hydrogen) atoms. The number of aromatic nitrogens is 2. The van der Waals surface area contributed by atoms with Crippen molar-refractivity contribution in [3.63, 3.8) is 0 Å². The van der Waals surface area contributed by atoms with Crippen LogP contribution in [0.15, 0.2) is 46.6 Å². The highest BCUT2D eigenvalue weighted by Gasteiger charge is 2.04. The van der Waals surface area contributed by atoms with Crippen LogP contribution in [-0.2, 0) is 0 Å². The van der Waals surface area contributed by atoms with Gasteiger partial charge in [-0.15, -0.1) is 0 Å². The molecule has 0 unspecified atom stereocenters. The molecule has 0 saturated heterocycles. The van der Waals surface area contributed by atoms with Crippen molar-refractivity contribution in [3.05, 3.63) is 47.8 Å². The molecule has 0 amide bonds. The maximum absolute atomic E-state index is 5.99. The first-order chi connectivity index (χ1) is 8.69. The summed E-state index contributed by atoms with van der Waals surface area (Å²) in [4.78, 5) is 9.74. The van der Waals surface area contributed by atoms with E-state index in [0.717, 1.165) is 22.2 Å². The van der Waals surface area contributed by atoms with Crippen LogP contribution in [0.1, 0.15) is 30.6 Å². The highest BCUT2D eigenvalue weighted by atomic mass is 32.2. The summed E-state index contributed by atoms with van der Waals surface area (Å²) in [6.07, 6.45) is 2.74. The zero-order valence-electron chi connectivity index (χ0n) is 10.6. The van der Waals surface area contributed by atoms with Gasteiger partial charge in [-0.1, -0.05) is 19.1 Å². The molecule has 0 bridgehead atoms. The van der Waals surface area contributed by atoms with E-state index < -0.39 is 0 Å². The minimum Gasteiger partial charge on any atom is -0.324 e. The normalized spacial score (nSPS) is 12.4. The summed E-state index contributed by atoms with van der Waals surface area (Å²) in [5, 5.41) is 0.780. The van der Waals surface area contributed by atoms with Gasteiger partial charge in [0.1, 0.15) is 0 Å². The Kier molecular flexibility index (Phi) is 4.33. The van der Waals surface area contributed by atoms with Crippen molar-refractivity contribution in [1.29, 1.82) is 0 Å². The first kappa shape index (κ1) is 13.1. The van der Waals surface area contributed by atoms with Crippen LogP contribution in [0.25, 0.3) is 0 Å². The van der Waals surface area contributed by atoms with Gasteiger partial charge < -0.3 is 5.73 Å². The summed E-state index contributed by atoms with van der Waals surface area (Å²) in [6.45, 7) is 4.06. The van der Waals surface area contributed by atoms with Crippen molar-refractivity contribution in [1.82, 2.24) is 9.97 Å². The molecule has 0 fully saturated rings. The lowest BCUT2D eigenvalue weighted by Gasteiger charge is -2.09. The number of nitrogens with two attached hydrogens (primary N) is 1. The van der Waals surface area contributed by atoms with E-state index >= 15 is 0 Å². The molecular formula is C14H17N3S. The largest absolute Gasteiger partial charge is 0.324 e. The first-order valence-electron chi connectivity index (χ1n) is 6.02. The van der Waals surface area contributed by atoms with Crippen molar-refractivity contribution in [2.45, 2.75) is 36.4 Å². The van der Waals surface area contributed by atoms with E-state index in [0.29, 0.717) is 0 Å². The fourth-order valence-electron chi connectivity index (χ4n) is 1.60. The van der Waals surface area contributed by atoms with Gasteiger partial charge in [0.25, 0.3) is 0 Å². The number of aryl methyl sites for hydroxylation is 1. The molecule has 0 spiro atoms. The van der Waals surface area contributed by atoms with E-state index in [-0.39, 0.29) is 6.04 Å². The van der Waals surface area contributed by atoms with Gasteiger partial charge in [0, 0.05) is 22.8 Å². The molecule has 2 rings (SSSR count). The van der Waals surface area contributed by atoms with Gasteiger partial charge >= 0.3 is 0 Å². The molecular weight excluding hydrogens is 242 g/mol. The van der Waals surface area contributed by atoms with Crippen LogP contribution in [0, 0.1) is 6.92 Å². The topological polar surface area (TPSA) is 51.8 Å². The zero-order valence-corrected chi connectivity index (χ0v) is 11.4. The lowest BCUT2D eigenvalue weighted by atomic mass is 10.1. The van der Waals surface area contributed by atoms with E-state index in [1.807, 2.05) is 13.0 Å². The molecule has 0 aliphatic rings. The van der Waals surface area contributed by atoms with Gasteiger partial charge in [-0.25, -0.2) is 9.97 Å². The third kappa shape index (κ3) is 3.31. The van der Waals surface area contributed by atoms with E-state index in [4.69, 9.17) is 5.73 Å². The second kappa shape index (κ2) is 5.98. The van der Waals surface area contributed by atoms with Gasteiger partial charge in [0.05, 0.1) is 0 Å². The Morgan fingerprint density at radius 3 is 2.56 bits per heavy atom. The highest BCUT2D eigenvalue weighted by molar-refractivity contribution is 7.99. The molecule has 2 aromatic rings. The maximum Gasteiger partial charge on any atom is 0.192 e. The molecule has 1 atom stereocenters. The van der Waals surface area contributed by atoms with Crippen molar-refractivity contribution >= 4 is 11.8 Å². The third-order valence-corrected chi connectivity index (χ3v) is 3.62. The van der Waals surface area contributed by atoms with Crippen LogP contribution < -0.4 is 5.73 Å². The maximum atomic E-state index is 5.99. The minimum atomic E-state index is 0.124. The van der Waals surface area contributed by atoms with Gasteiger partial charge in [-0.2, -0.15) is 0 Å². The molecule has 0 radical (unpaired) electrons. The fourth-order valence-corrected chi connectivity index (χ4v) is 2.39. The Bertz CT molecular complexity index is 511. The molecule has 1 aromatic heterocycles. The van der Waals surface area contributed by atoms with E-state index in [2.05, 4.69) is 41.2 Å². The molecule has 4 heteroatoms. The summed E-state index contributed by atoms with van der Waals surface area (Å²) < 4.78 is 0. The lowest BCUT2D eigenvalue weighted by Crippen LogP contribution is -2.07. The van der Waals surface area contributed by atoms with Crippen molar-refractivity contribution in [2.75, 3.05) is 0 Å². The van der Waals surface area contributed by atoms with Crippen LogP contribution in [0.5, 0.6) is 0 Å². The summed E-state index contributed by atoms with van der Waals surface area (Å²) in [5.74, 6) is 0. The standard InChI is InChI=1S/C14H17N3S/c1-3-13(15)11-4-6-12(7-5-11)18-14-16-9-8-10(2)17-14/h4-9,13H,3,15H2,1-2H3/t13-/m1/s1.